The molecule has 2 aromatic rings. The molecule has 2 rings (SSSR count). The van der Waals surface area contributed by atoms with Crippen molar-refractivity contribution in [2.45, 2.75) is 53.5 Å². The zero-order valence-electron chi connectivity index (χ0n) is 13.9. The zero-order valence-corrected chi connectivity index (χ0v) is 13.9. The molecule has 3 nitrogen and oxygen atoms in total. The van der Waals surface area contributed by atoms with Crippen LogP contribution >= 0.6 is 0 Å². The van der Waals surface area contributed by atoms with Crippen molar-refractivity contribution >= 4 is 10.9 Å². The number of benzene rings is 1. The molecular formula is C18H29N3. The van der Waals surface area contributed by atoms with Gasteiger partial charge in [0.2, 0.25) is 0 Å². The monoisotopic (exact) mass is 287 g/mol. The second-order valence-corrected chi connectivity index (χ2v) is 6.30. The molecule has 1 atom stereocenters. The Balaban J connectivity index is 2.32. The summed E-state index contributed by atoms with van der Waals surface area (Å²) >= 11 is 0. The molecule has 116 valence electrons. The van der Waals surface area contributed by atoms with Crippen molar-refractivity contribution in [2.75, 3.05) is 13.1 Å². The summed E-state index contributed by atoms with van der Waals surface area (Å²) in [7, 11) is 0. The molecule has 1 aromatic carbocycles. The molecule has 3 heteroatoms. The maximum Gasteiger partial charge on any atom is 0.0709 e. The minimum atomic E-state index is 0.278. The SMILES string of the molecule is CCCC(C)(CNCC)Cc1nn(CC)c2ccccc12. The maximum absolute atomic E-state index is 4.87. The number of nitrogens with zero attached hydrogens (tertiary/aromatic N) is 2. The third-order valence-electron chi connectivity index (χ3n) is 4.28. The molecule has 0 aliphatic carbocycles. The Morgan fingerprint density at radius 1 is 1.19 bits per heavy atom. The lowest BCUT2D eigenvalue weighted by Crippen LogP contribution is -2.33. The lowest BCUT2D eigenvalue weighted by Gasteiger charge is -2.29. The van der Waals surface area contributed by atoms with Crippen LogP contribution in [0.25, 0.3) is 10.9 Å². The van der Waals surface area contributed by atoms with E-state index in [0.29, 0.717) is 0 Å². The predicted molar refractivity (Wildman–Crippen MR) is 90.7 cm³/mol. The number of hydrogen-bond donors (Lipinski definition) is 1. The molecule has 0 aliphatic rings. The largest absolute Gasteiger partial charge is 0.316 e. The van der Waals surface area contributed by atoms with Gasteiger partial charge < -0.3 is 5.32 Å². The first kappa shape index (κ1) is 16.0. The smallest absolute Gasteiger partial charge is 0.0709 e. The van der Waals surface area contributed by atoms with Gasteiger partial charge in [-0.15, -0.1) is 0 Å². The van der Waals surface area contributed by atoms with Crippen molar-refractivity contribution < 1.29 is 0 Å². The number of aromatic nitrogens is 2. The van der Waals surface area contributed by atoms with Crippen molar-refractivity contribution in [1.82, 2.24) is 15.1 Å². The molecule has 0 amide bonds. The highest BCUT2D eigenvalue weighted by atomic mass is 15.3. The molecule has 0 fully saturated rings. The van der Waals surface area contributed by atoms with Gasteiger partial charge in [0.25, 0.3) is 0 Å². The van der Waals surface area contributed by atoms with Crippen molar-refractivity contribution in [2.24, 2.45) is 5.41 Å². The van der Waals surface area contributed by atoms with Crippen LogP contribution in [0, 0.1) is 5.41 Å². The van der Waals surface area contributed by atoms with Crippen LogP contribution < -0.4 is 5.32 Å². The molecule has 1 N–H and O–H groups in total. The van der Waals surface area contributed by atoms with E-state index in [1.165, 1.54) is 29.4 Å². The number of para-hydroxylation sites is 1. The highest BCUT2D eigenvalue weighted by molar-refractivity contribution is 5.82. The number of nitrogens with one attached hydrogen (secondary N) is 1. The Morgan fingerprint density at radius 3 is 2.62 bits per heavy atom. The second-order valence-electron chi connectivity index (χ2n) is 6.30. The molecule has 1 heterocycles. The molecule has 0 spiro atoms. The molecular weight excluding hydrogens is 258 g/mol. The van der Waals surface area contributed by atoms with Gasteiger partial charge >= 0.3 is 0 Å². The third kappa shape index (κ3) is 3.65. The van der Waals surface area contributed by atoms with E-state index in [1.54, 1.807) is 0 Å². The Hall–Kier alpha value is -1.35. The van der Waals surface area contributed by atoms with Crippen LogP contribution in [0.4, 0.5) is 0 Å². The van der Waals surface area contributed by atoms with Crippen LogP contribution in [-0.4, -0.2) is 22.9 Å². The number of fused-ring (bicyclic) bond motifs is 1. The second kappa shape index (κ2) is 7.08. The fraction of sp³-hybridized carbons (Fsp3) is 0.611. The third-order valence-corrected chi connectivity index (χ3v) is 4.28. The molecule has 0 saturated heterocycles. The molecule has 1 unspecified atom stereocenters. The van der Waals surface area contributed by atoms with Gasteiger partial charge in [0.05, 0.1) is 11.2 Å². The number of hydrogen-bond acceptors (Lipinski definition) is 2. The van der Waals surface area contributed by atoms with Crippen LogP contribution in [0.5, 0.6) is 0 Å². The van der Waals surface area contributed by atoms with Crippen LogP contribution in [0.1, 0.15) is 46.2 Å². The predicted octanol–water partition coefficient (Wildman–Crippen LogP) is 4.01. The van der Waals surface area contributed by atoms with E-state index in [4.69, 9.17) is 5.10 Å². The quantitative estimate of drug-likeness (QED) is 0.795. The van der Waals surface area contributed by atoms with Crippen molar-refractivity contribution in [3.8, 4) is 0 Å². The summed E-state index contributed by atoms with van der Waals surface area (Å²) in [6, 6.07) is 8.61. The van der Waals surface area contributed by atoms with E-state index < -0.39 is 0 Å². The Kier molecular flexibility index (Phi) is 5.40. The van der Waals surface area contributed by atoms with Crippen molar-refractivity contribution in [1.29, 1.82) is 0 Å². The summed E-state index contributed by atoms with van der Waals surface area (Å²) in [4.78, 5) is 0. The van der Waals surface area contributed by atoms with Crippen LogP contribution in [0.2, 0.25) is 0 Å². The lowest BCUT2D eigenvalue weighted by molar-refractivity contribution is 0.275. The Labute approximate surface area is 128 Å². The molecule has 21 heavy (non-hydrogen) atoms. The van der Waals surface area contributed by atoms with E-state index in [0.717, 1.165) is 26.1 Å². The van der Waals surface area contributed by atoms with E-state index in [9.17, 15) is 0 Å². The summed E-state index contributed by atoms with van der Waals surface area (Å²) in [6.45, 7) is 12.0. The van der Waals surface area contributed by atoms with Crippen LogP contribution in [-0.2, 0) is 13.0 Å². The fourth-order valence-corrected chi connectivity index (χ4v) is 3.24. The first-order valence-corrected chi connectivity index (χ1v) is 8.28. The van der Waals surface area contributed by atoms with Gasteiger partial charge in [0.15, 0.2) is 0 Å². The van der Waals surface area contributed by atoms with E-state index in [1.807, 2.05) is 0 Å². The first-order chi connectivity index (χ1) is 10.1. The van der Waals surface area contributed by atoms with Crippen molar-refractivity contribution in [3.63, 3.8) is 0 Å². The van der Waals surface area contributed by atoms with Gasteiger partial charge in [0, 0.05) is 18.5 Å². The molecule has 0 bridgehead atoms. The Morgan fingerprint density at radius 2 is 1.95 bits per heavy atom. The summed E-state index contributed by atoms with van der Waals surface area (Å²) in [5.74, 6) is 0. The number of rotatable bonds is 8. The van der Waals surface area contributed by atoms with Crippen LogP contribution in [0.15, 0.2) is 24.3 Å². The van der Waals surface area contributed by atoms with E-state index >= 15 is 0 Å². The van der Waals surface area contributed by atoms with E-state index in [2.05, 4.69) is 62.0 Å². The molecule has 1 aromatic heterocycles. The average Bonchev–Trinajstić information content (AvgIpc) is 2.83. The van der Waals surface area contributed by atoms with Gasteiger partial charge in [0.1, 0.15) is 0 Å². The fourth-order valence-electron chi connectivity index (χ4n) is 3.24. The summed E-state index contributed by atoms with van der Waals surface area (Å²) in [6.07, 6.45) is 3.49. The minimum Gasteiger partial charge on any atom is -0.316 e. The standard InChI is InChI=1S/C18H29N3/c1-5-12-18(4,14-19-6-2)13-16-15-10-8-9-11-17(15)21(7-3)20-16/h8-11,19H,5-7,12-14H2,1-4H3. The Bertz CT molecular complexity index is 573. The lowest BCUT2D eigenvalue weighted by atomic mass is 9.80. The maximum atomic E-state index is 4.87. The highest BCUT2D eigenvalue weighted by Gasteiger charge is 2.26. The highest BCUT2D eigenvalue weighted by Crippen LogP contribution is 2.30. The zero-order chi connectivity index (χ0) is 15.3. The normalized spacial score (nSPS) is 14.5. The first-order valence-electron chi connectivity index (χ1n) is 8.28. The molecule has 0 radical (unpaired) electrons. The summed E-state index contributed by atoms with van der Waals surface area (Å²) < 4.78 is 2.13. The molecule has 0 aliphatic heterocycles. The van der Waals surface area contributed by atoms with Gasteiger partial charge in [-0.2, -0.15) is 5.10 Å². The average molecular weight is 287 g/mol. The van der Waals surface area contributed by atoms with Crippen LogP contribution in [0.3, 0.4) is 0 Å². The van der Waals surface area contributed by atoms with Gasteiger partial charge in [-0.1, -0.05) is 45.4 Å². The topological polar surface area (TPSA) is 29.9 Å². The molecule has 0 saturated carbocycles. The van der Waals surface area contributed by atoms with Gasteiger partial charge in [-0.3, -0.25) is 4.68 Å². The van der Waals surface area contributed by atoms with Gasteiger partial charge in [-0.05, 0) is 37.8 Å². The van der Waals surface area contributed by atoms with Crippen molar-refractivity contribution in [3.05, 3.63) is 30.0 Å². The summed E-state index contributed by atoms with van der Waals surface area (Å²) in [5.41, 5.74) is 2.79. The number of aryl methyl sites for hydroxylation is 1. The summed E-state index contributed by atoms with van der Waals surface area (Å²) in [5, 5.41) is 9.72. The minimum absolute atomic E-state index is 0.278. The van der Waals surface area contributed by atoms with Gasteiger partial charge in [-0.25, -0.2) is 0 Å². The van der Waals surface area contributed by atoms with E-state index in [-0.39, 0.29) is 5.41 Å².